The molecule has 1 aliphatic heterocycles. The van der Waals surface area contributed by atoms with Crippen molar-refractivity contribution in [3.8, 4) is 39.9 Å². The molecular formula is C29H26O8. The van der Waals surface area contributed by atoms with E-state index in [0.29, 0.717) is 28.4 Å². The number of rotatable bonds is 6. The normalized spacial score (nSPS) is 14.8. The Balaban J connectivity index is 1.68. The zero-order chi connectivity index (χ0) is 26.3. The van der Waals surface area contributed by atoms with Gasteiger partial charge in [-0.05, 0) is 49.2 Å². The van der Waals surface area contributed by atoms with Gasteiger partial charge in [-0.1, -0.05) is 18.2 Å². The second kappa shape index (κ2) is 9.54. The minimum absolute atomic E-state index is 0.0155. The molecule has 3 aromatic carbocycles. The first kappa shape index (κ1) is 24.2. The summed E-state index contributed by atoms with van der Waals surface area (Å²) in [6.07, 6.45) is 1.33. The van der Waals surface area contributed by atoms with Crippen LogP contribution in [0.15, 0.2) is 64.0 Å². The first-order chi connectivity index (χ1) is 17.8. The number of methoxy groups -OCH3 is 2. The van der Waals surface area contributed by atoms with Crippen molar-refractivity contribution in [3.05, 3.63) is 76.1 Å². The van der Waals surface area contributed by atoms with Gasteiger partial charge in [0, 0.05) is 17.5 Å². The lowest BCUT2D eigenvalue weighted by Crippen LogP contribution is -2.22. The number of aromatic hydroxyl groups is 1. The molecule has 0 saturated carbocycles. The lowest BCUT2D eigenvalue weighted by Gasteiger charge is -2.26. The van der Waals surface area contributed by atoms with Crippen LogP contribution in [0.4, 0.5) is 0 Å². The molecule has 1 N–H and O–H groups in total. The van der Waals surface area contributed by atoms with Crippen LogP contribution in [-0.2, 0) is 4.79 Å². The fraction of sp³-hybridized carbons (Fsp3) is 0.241. The van der Waals surface area contributed by atoms with Crippen LogP contribution < -0.4 is 24.4 Å². The summed E-state index contributed by atoms with van der Waals surface area (Å²) in [5, 5.41) is 10.8. The maximum absolute atomic E-state index is 13.5. The molecule has 0 radical (unpaired) electrons. The van der Waals surface area contributed by atoms with Crippen LogP contribution in [0, 0.1) is 0 Å². The number of esters is 1. The van der Waals surface area contributed by atoms with Gasteiger partial charge in [-0.25, -0.2) is 0 Å². The molecule has 5 rings (SSSR count). The van der Waals surface area contributed by atoms with Crippen molar-refractivity contribution in [1.29, 1.82) is 0 Å². The SMILES string of the molecule is COc1ccc(-c2coc3c4c(cc(O)c3c2=O)OC(=O)C[C@@H]4c2ccc(OC(C)C)c(OC)c2)cc1. The first-order valence-corrected chi connectivity index (χ1v) is 11.8. The minimum Gasteiger partial charge on any atom is -0.507 e. The van der Waals surface area contributed by atoms with E-state index in [-0.39, 0.29) is 40.6 Å². The number of benzene rings is 3. The van der Waals surface area contributed by atoms with Crippen LogP contribution in [-0.4, -0.2) is 31.4 Å². The highest BCUT2D eigenvalue weighted by Gasteiger charge is 2.34. The molecule has 0 saturated heterocycles. The smallest absolute Gasteiger partial charge is 0.312 e. The number of phenols is 1. The van der Waals surface area contributed by atoms with Gasteiger partial charge in [-0.2, -0.15) is 0 Å². The zero-order valence-electron chi connectivity index (χ0n) is 20.9. The summed E-state index contributed by atoms with van der Waals surface area (Å²) in [5.74, 6) is 0.587. The number of ether oxygens (including phenoxy) is 4. The molecule has 4 aromatic rings. The molecule has 0 amide bonds. The Morgan fingerprint density at radius 3 is 2.41 bits per heavy atom. The summed E-state index contributed by atoms with van der Waals surface area (Å²) < 4.78 is 28.0. The Bertz CT molecular complexity index is 1550. The van der Waals surface area contributed by atoms with Crippen molar-refractivity contribution in [1.82, 2.24) is 0 Å². The molecule has 8 heteroatoms. The summed E-state index contributed by atoms with van der Waals surface area (Å²) in [4.78, 5) is 26.1. The maximum Gasteiger partial charge on any atom is 0.312 e. The largest absolute Gasteiger partial charge is 0.507 e. The predicted molar refractivity (Wildman–Crippen MR) is 137 cm³/mol. The second-order valence-electron chi connectivity index (χ2n) is 9.03. The predicted octanol–water partition coefficient (Wildman–Crippen LogP) is 5.41. The van der Waals surface area contributed by atoms with Gasteiger partial charge in [0.2, 0.25) is 5.43 Å². The van der Waals surface area contributed by atoms with E-state index in [1.807, 2.05) is 19.9 Å². The van der Waals surface area contributed by atoms with Gasteiger partial charge in [0.1, 0.15) is 34.5 Å². The van der Waals surface area contributed by atoms with E-state index in [9.17, 15) is 14.7 Å². The Hall–Kier alpha value is -4.46. The second-order valence-corrected chi connectivity index (χ2v) is 9.03. The minimum atomic E-state index is -0.503. The summed E-state index contributed by atoms with van der Waals surface area (Å²) in [7, 11) is 3.10. The van der Waals surface area contributed by atoms with E-state index >= 15 is 0 Å². The third-order valence-electron chi connectivity index (χ3n) is 6.32. The summed E-state index contributed by atoms with van der Waals surface area (Å²) in [5.41, 5.74) is 1.91. The lowest BCUT2D eigenvalue weighted by molar-refractivity contribution is -0.135. The maximum atomic E-state index is 13.5. The van der Waals surface area contributed by atoms with E-state index < -0.39 is 17.3 Å². The molecule has 8 nitrogen and oxygen atoms in total. The van der Waals surface area contributed by atoms with Gasteiger partial charge in [-0.15, -0.1) is 0 Å². The van der Waals surface area contributed by atoms with E-state index in [0.717, 1.165) is 5.56 Å². The molecular weight excluding hydrogens is 476 g/mol. The van der Waals surface area contributed by atoms with Crippen LogP contribution >= 0.6 is 0 Å². The molecule has 0 aliphatic carbocycles. The third-order valence-corrected chi connectivity index (χ3v) is 6.32. The summed E-state index contributed by atoms with van der Waals surface area (Å²) in [6.45, 7) is 3.84. The number of fused-ring (bicyclic) bond motifs is 3. The van der Waals surface area contributed by atoms with E-state index in [4.69, 9.17) is 23.4 Å². The van der Waals surface area contributed by atoms with E-state index in [1.54, 1.807) is 50.6 Å². The highest BCUT2D eigenvalue weighted by molar-refractivity contribution is 5.94. The first-order valence-electron chi connectivity index (χ1n) is 11.8. The standard InChI is InChI=1S/C29H26O8/c1-15(2)36-22-10-7-17(11-23(22)34-4)19-12-25(31)37-24-13-21(30)27-28(32)20(14-35-29(27)26(19)24)16-5-8-18(33-3)9-6-16/h5-11,13-15,19,30H,12H2,1-4H3/t19-/m1/s1. The summed E-state index contributed by atoms with van der Waals surface area (Å²) >= 11 is 0. The number of phenolic OH excluding ortho intramolecular Hbond substituents is 1. The lowest BCUT2D eigenvalue weighted by atomic mass is 9.84. The Kier molecular flexibility index (Phi) is 6.25. The van der Waals surface area contributed by atoms with Crippen LogP contribution in [0.1, 0.15) is 37.3 Å². The highest BCUT2D eigenvalue weighted by atomic mass is 16.5. The molecule has 0 unspecified atom stereocenters. The molecule has 1 aliphatic rings. The summed E-state index contributed by atoms with van der Waals surface area (Å²) in [6, 6.07) is 13.7. The van der Waals surface area contributed by atoms with Crippen LogP contribution in [0.2, 0.25) is 0 Å². The molecule has 2 heterocycles. The molecule has 0 fully saturated rings. The zero-order valence-corrected chi connectivity index (χ0v) is 20.9. The molecule has 0 bridgehead atoms. The molecule has 1 aromatic heterocycles. The van der Waals surface area contributed by atoms with Gasteiger partial charge < -0.3 is 28.5 Å². The fourth-order valence-electron chi connectivity index (χ4n) is 4.64. The van der Waals surface area contributed by atoms with Crippen molar-refractivity contribution >= 4 is 16.9 Å². The quantitative estimate of drug-likeness (QED) is 0.276. The van der Waals surface area contributed by atoms with Gasteiger partial charge in [0.25, 0.3) is 0 Å². The monoisotopic (exact) mass is 502 g/mol. The number of hydrogen-bond donors (Lipinski definition) is 1. The molecule has 37 heavy (non-hydrogen) atoms. The van der Waals surface area contributed by atoms with E-state index in [2.05, 4.69) is 0 Å². The third kappa shape index (κ3) is 4.35. The topological polar surface area (TPSA) is 104 Å². The van der Waals surface area contributed by atoms with Gasteiger partial charge >= 0.3 is 5.97 Å². The van der Waals surface area contributed by atoms with Crippen LogP contribution in [0.3, 0.4) is 0 Å². The van der Waals surface area contributed by atoms with E-state index in [1.165, 1.54) is 12.3 Å². The average Bonchev–Trinajstić information content (AvgIpc) is 2.88. The van der Waals surface area contributed by atoms with Crippen molar-refractivity contribution in [2.75, 3.05) is 14.2 Å². The molecule has 1 atom stereocenters. The van der Waals surface area contributed by atoms with Crippen molar-refractivity contribution < 1.29 is 33.3 Å². The van der Waals surface area contributed by atoms with Crippen molar-refractivity contribution in [3.63, 3.8) is 0 Å². The van der Waals surface area contributed by atoms with Crippen LogP contribution in [0.5, 0.6) is 28.7 Å². The number of hydrogen-bond acceptors (Lipinski definition) is 8. The number of carbonyl (C=O) groups is 1. The Labute approximate surface area is 213 Å². The molecule has 190 valence electrons. The Morgan fingerprint density at radius 2 is 1.73 bits per heavy atom. The fourth-order valence-corrected chi connectivity index (χ4v) is 4.64. The van der Waals surface area contributed by atoms with Crippen molar-refractivity contribution in [2.24, 2.45) is 0 Å². The number of carbonyl (C=O) groups excluding carboxylic acids is 1. The highest BCUT2D eigenvalue weighted by Crippen LogP contribution is 2.47. The average molecular weight is 503 g/mol. The van der Waals surface area contributed by atoms with Gasteiger partial charge in [0.15, 0.2) is 11.5 Å². The van der Waals surface area contributed by atoms with Crippen molar-refractivity contribution in [2.45, 2.75) is 32.3 Å². The molecule has 0 spiro atoms. The van der Waals surface area contributed by atoms with Crippen LogP contribution in [0.25, 0.3) is 22.1 Å². The Morgan fingerprint density at radius 1 is 0.973 bits per heavy atom. The van der Waals surface area contributed by atoms with Gasteiger partial charge in [0.05, 0.1) is 32.3 Å². The van der Waals surface area contributed by atoms with Gasteiger partial charge in [-0.3, -0.25) is 9.59 Å².